The maximum Gasteiger partial charge on any atom is 0.226 e. The fourth-order valence-electron chi connectivity index (χ4n) is 2.58. The van der Waals surface area contributed by atoms with Gasteiger partial charge >= 0.3 is 0 Å². The highest BCUT2D eigenvalue weighted by molar-refractivity contribution is 5.91. The predicted octanol–water partition coefficient (Wildman–Crippen LogP) is 3.88. The molecule has 23 heavy (non-hydrogen) atoms. The molecule has 5 nitrogen and oxygen atoms in total. The van der Waals surface area contributed by atoms with Crippen LogP contribution < -0.4 is 10.1 Å². The van der Waals surface area contributed by atoms with Crippen LogP contribution in [0.2, 0.25) is 0 Å². The summed E-state index contributed by atoms with van der Waals surface area (Å²) in [6.45, 7) is 9.90. The Morgan fingerprint density at radius 2 is 2.00 bits per heavy atom. The average molecular weight is 315 g/mol. The summed E-state index contributed by atoms with van der Waals surface area (Å²) in [5.41, 5.74) is 2.78. The lowest BCUT2D eigenvalue weighted by molar-refractivity contribution is -0.116. The number of aryl methyl sites for hydroxylation is 2. The highest BCUT2D eigenvalue weighted by atomic mass is 16.5. The van der Waals surface area contributed by atoms with Gasteiger partial charge in [-0.3, -0.25) is 9.48 Å². The smallest absolute Gasteiger partial charge is 0.226 e. The molecule has 0 unspecified atom stereocenters. The number of aromatic nitrogens is 2. The van der Waals surface area contributed by atoms with E-state index in [0.29, 0.717) is 6.42 Å². The third-order valence-electron chi connectivity index (χ3n) is 3.43. The lowest BCUT2D eigenvalue weighted by atomic mass is 10.2. The van der Waals surface area contributed by atoms with E-state index >= 15 is 0 Å². The lowest BCUT2D eigenvalue weighted by Gasteiger charge is -2.15. The first-order chi connectivity index (χ1) is 10.8. The summed E-state index contributed by atoms with van der Waals surface area (Å²) in [5.74, 6) is 0.719. The molecule has 0 spiro atoms. The zero-order valence-electron chi connectivity index (χ0n) is 14.5. The van der Waals surface area contributed by atoms with Gasteiger partial charge in [0.2, 0.25) is 5.91 Å². The van der Waals surface area contributed by atoms with Gasteiger partial charge in [-0.1, -0.05) is 6.07 Å². The monoisotopic (exact) mass is 315 g/mol. The van der Waals surface area contributed by atoms with Crippen LogP contribution in [0.1, 0.15) is 44.6 Å². The zero-order chi connectivity index (χ0) is 17.0. The molecule has 1 N–H and O–H groups in total. The molecule has 2 rings (SSSR count). The van der Waals surface area contributed by atoms with Gasteiger partial charge in [-0.25, -0.2) is 0 Å². The minimum Gasteiger partial charge on any atom is -0.491 e. The SMILES string of the molecule is Cc1cc(C)n([C@@H](C)CC(=O)Nc2cccc(OC(C)C)c2)n1. The van der Waals surface area contributed by atoms with Crippen molar-refractivity contribution in [3.05, 3.63) is 41.7 Å². The van der Waals surface area contributed by atoms with Crippen molar-refractivity contribution in [1.82, 2.24) is 9.78 Å². The second-order valence-corrected chi connectivity index (χ2v) is 6.17. The molecule has 0 aliphatic heterocycles. The first kappa shape index (κ1) is 17.1. The summed E-state index contributed by atoms with van der Waals surface area (Å²) in [7, 11) is 0. The van der Waals surface area contributed by atoms with Crippen molar-refractivity contribution in [2.45, 2.75) is 53.2 Å². The van der Waals surface area contributed by atoms with Crippen LogP contribution in [-0.4, -0.2) is 21.8 Å². The van der Waals surface area contributed by atoms with Crippen LogP contribution in [0.5, 0.6) is 5.75 Å². The van der Waals surface area contributed by atoms with Crippen LogP contribution >= 0.6 is 0 Å². The molecule has 1 heterocycles. The summed E-state index contributed by atoms with van der Waals surface area (Å²) in [6.07, 6.45) is 0.476. The number of rotatable bonds is 6. The highest BCUT2D eigenvalue weighted by Crippen LogP contribution is 2.20. The lowest BCUT2D eigenvalue weighted by Crippen LogP contribution is -2.19. The first-order valence-corrected chi connectivity index (χ1v) is 7.94. The van der Waals surface area contributed by atoms with Gasteiger partial charge in [0, 0.05) is 23.9 Å². The Labute approximate surface area is 137 Å². The minimum atomic E-state index is -0.0354. The third-order valence-corrected chi connectivity index (χ3v) is 3.43. The molecule has 1 aromatic heterocycles. The van der Waals surface area contributed by atoms with E-state index in [1.165, 1.54) is 0 Å². The molecular weight excluding hydrogens is 290 g/mol. The van der Waals surface area contributed by atoms with Crippen molar-refractivity contribution in [2.24, 2.45) is 0 Å². The summed E-state index contributed by atoms with van der Waals surface area (Å²) in [5, 5.41) is 7.36. The Kier molecular flexibility index (Phi) is 5.42. The normalized spacial score (nSPS) is 12.3. The maximum atomic E-state index is 12.3. The first-order valence-electron chi connectivity index (χ1n) is 7.94. The quantitative estimate of drug-likeness (QED) is 0.880. The van der Waals surface area contributed by atoms with E-state index in [9.17, 15) is 4.79 Å². The maximum absolute atomic E-state index is 12.3. The number of nitrogens with zero attached hydrogens (tertiary/aromatic N) is 2. The third kappa shape index (κ3) is 4.84. The topological polar surface area (TPSA) is 56.2 Å². The standard InChI is InChI=1S/C18H25N3O2/c1-12(2)23-17-8-6-7-16(11-17)19-18(22)10-15(5)21-14(4)9-13(3)20-21/h6-9,11-12,15H,10H2,1-5H3,(H,19,22)/t15-/m0/s1. The summed E-state index contributed by atoms with van der Waals surface area (Å²) < 4.78 is 7.54. The van der Waals surface area contributed by atoms with Crippen LogP contribution in [0.3, 0.4) is 0 Å². The van der Waals surface area contributed by atoms with Crippen LogP contribution in [0, 0.1) is 13.8 Å². The van der Waals surface area contributed by atoms with E-state index < -0.39 is 0 Å². The highest BCUT2D eigenvalue weighted by Gasteiger charge is 2.14. The molecule has 1 amide bonds. The molecule has 0 saturated carbocycles. The second-order valence-electron chi connectivity index (χ2n) is 6.17. The molecule has 0 aliphatic rings. The number of carbonyl (C=O) groups excluding carboxylic acids is 1. The van der Waals surface area contributed by atoms with Crippen LogP contribution in [0.4, 0.5) is 5.69 Å². The molecule has 0 bridgehead atoms. The number of ether oxygens (including phenoxy) is 1. The van der Waals surface area contributed by atoms with Crippen molar-refractivity contribution in [3.8, 4) is 5.75 Å². The Balaban J connectivity index is 1.98. The van der Waals surface area contributed by atoms with Crippen LogP contribution in [-0.2, 0) is 4.79 Å². The van der Waals surface area contributed by atoms with Gasteiger partial charge in [-0.2, -0.15) is 5.10 Å². The molecule has 2 aromatic rings. The minimum absolute atomic E-state index is 0.0128. The van der Waals surface area contributed by atoms with Gasteiger partial charge in [-0.05, 0) is 52.8 Å². The van der Waals surface area contributed by atoms with E-state index in [-0.39, 0.29) is 18.1 Å². The molecule has 0 fully saturated rings. The Bertz CT molecular complexity index is 677. The molecule has 0 radical (unpaired) electrons. The molecule has 1 atom stereocenters. The van der Waals surface area contributed by atoms with E-state index in [4.69, 9.17) is 4.74 Å². The zero-order valence-corrected chi connectivity index (χ0v) is 14.5. The van der Waals surface area contributed by atoms with Gasteiger partial charge in [-0.15, -0.1) is 0 Å². The predicted molar refractivity (Wildman–Crippen MR) is 91.9 cm³/mol. The number of nitrogens with one attached hydrogen (secondary N) is 1. The fraction of sp³-hybridized carbons (Fsp3) is 0.444. The van der Waals surface area contributed by atoms with Gasteiger partial charge < -0.3 is 10.1 Å². The van der Waals surface area contributed by atoms with E-state index in [0.717, 1.165) is 22.8 Å². The molecule has 0 saturated heterocycles. The number of carbonyl (C=O) groups is 1. The van der Waals surface area contributed by atoms with Gasteiger partial charge in [0.1, 0.15) is 5.75 Å². The van der Waals surface area contributed by atoms with Crippen molar-refractivity contribution in [1.29, 1.82) is 0 Å². The van der Waals surface area contributed by atoms with E-state index in [1.807, 2.05) is 69.6 Å². The average Bonchev–Trinajstić information content (AvgIpc) is 2.77. The molecule has 0 aliphatic carbocycles. The van der Waals surface area contributed by atoms with Gasteiger partial charge in [0.15, 0.2) is 0 Å². The Hall–Kier alpha value is -2.30. The van der Waals surface area contributed by atoms with E-state index in [2.05, 4.69) is 10.4 Å². The number of anilines is 1. The molecule has 5 heteroatoms. The summed E-state index contributed by atoms with van der Waals surface area (Å²) >= 11 is 0. The van der Waals surface area contributed by atoms with Crippen molar-refractivity contribution >= 4 is 11.6 Å². The Morgan fingerprint density at radius 3 is 2.61 bits per heavy atom. The van der Waals surface area contributed by atoms with Crippen molar-refractivity contribution < 1.29 is 9.53 Å². The number of hydrogen-bond acceptors (Lipinski definition) is 3. The number of benzene rings is 1. The van der Waals surface area contributed by atoms with Crippen LogP contribution in [0.25, 0.3) is 0 Å². The van der Waals surface area contributed by atoms with Crippen molar-refractivity contribution in [3.63, 3.8) is 0 Å². The molecule has 124 valence electrons. The van der Waals surface area contributed by atoms with Crippen molar-refractivity contribution in [2.75, 3.05) is 5.32 Å². The van der Waals surface area contributed by atoms with Gasteiger partial charge in [0.25, 0.3) is 0 Å². The number of hydrogen-bond donors (Lipinski definition) is 1. The largest absolute Gasteiger partial charge is 0.491 e. The van der Waals surface area contributed by atoms with Gasteiger partial charge in [0.05, 0.1) is 17.8 Å². The summed E-state index contributed by atoms with van der Waals surface area (Å²) in [4.78, 5) is 12.3. The molecular formula is C18H25N3O2. The summed E-state index contributed by atoms with van der Waals surface area (Å²) in [6, 6.07) is 9.48. The molecule has 1 aromatic carbocycles. The Morgan fingerprint density at radius 1 is 1.26 bits per heavy atom. The fourth-order valence-corrected chi connectivity index (χ4v) is 2.58. The second kappa shape index (κ2) is 7.31. The van der Waals surface area contributed by atoms with E-state index in [1.54, 1.807) is 0 Å². The number of amides is 1. The van der Waals surface area contributed by atoms with Crippen LogP contribution in [0.15, 0.2) is 30.3 Å².